The maximum absolute atomic E-state index is 14.3. The molecule has 7 nitrogen and oxygen atoms in total. The summed E-state index contributed by atoms with van der Waals surface area (Å²) in [6.45, 7) is 14.2. The van der Waals surface area contributed by atoms with E-state index in [-0.39, 0.29) is 35.6 Å². The van der Waals surface area contributed by atoms with Crippen LogP contribution in [0, 0.1) is 17.2 Å². The van der Waals surface area contributed by atoms with E-state index in [4.69, 9.17) is 4.74 Å². The Kier molecular flexibility index (Phi) is 11.5. The first-order valence-electron chi connectivity index (χ1n) is 14.0. The van der Waals surface area contributed by atoms with Crippen molar-refractivity contribution in [3.05, 3.63) is 76.5 Å². The molecule has 0 radical (unpaired) electrons. The highest BCUT2D eigenvalue weighted by molar-refractivity contribution is 6.14. The molecule has 0 fully saturated rings. The third-order valence-electron chi connectivity index (χ3n) is 6.82. The number of anilines is 1. The smallest absolute Gasteiger partial charge is 0.416 e. The van der Waals surface area contributed by atoms with Gasteiger partial charge in [0.05, 0.1) is 29.4 Å². The Morgan fingerprint density at radius 2 is 1.62 bits per heavy atom. The van der Waals surface area contributed by atoms with Crippen LogP contribution < -0.4 is 4.90 Å². The number of rotatable bonds is 7. The number of carbonyl (C=O) groups excluding carboxylic acids is 3. The van der Waals surface area contributed by atoms with Crippen molar-refractivity contribution in [3.8, 4) is 6.07 Å². The highest BCUT2D eigenvalue weighted by atomic mass is 19.4. The Labute approximate surface area is 245 Å². The van der Waals surface area contributed by atoms with Crippen molar-refractivity contribution in [3.63, 3.8) is 0 Å². The van der Waals surface area contributed by atoms with E-state index in [1.807, 2.05) is 19.9 Å². The Balaban J connectivity index is 0.00000301. The van der Waals surface area contributed by atoms with Crippen LogP contribution in [0.2, 0.25) is 0 Å². The van der Waals surface area contributed by atoms with Crippen molar-refractivity contribution in [2.24, 2.45) is 5.92 Å². The minimum Gasteiger partial charge on any atom is -0.463 e. The summed E-state index contributed by atoms with van der Waals surface area (Å²) in [5.74, 6) is -4.73. The van der Waals surface area contributed by atoms with Gasteiger partial charge in [0.15, 0.2) is 0 Å². The number of allylic oxidation sites excluding steroid dienone is 1. The van der Waals surface area contributed by atoms with E-state index in [2.05, 4.69) is 0 Å². The molecule has 0 bridgehead atoms. The molecule has 0 N–H and O–H groups in total. The third kappa shape index (κ3) is 7.01. The van der Waals surface area contributed by atoms with Crippen LogP contribution in [0.3, 0.4) is 0 Å². The van der Waals surface area contributed by atoms with Crippen molar-refractivity contribution in [1.82, 2.24) is 4.90 Å². The molecule has 1 heterocycles. The number of benzene rings is 2. The van der Waals surface area contributed by atoms with E-state index in [9.17, 15) is 32.8 Å². The number of esters is 1. The molecule has 10 heteroatoms. The molecule has 3 rings (SSSR count). The van der Waals surface area contributed by atoms with Crippen LogP contribution in [0.25, 0.3) is 0 Å². The standard InChI is InChI=1S/C30H32F3N3O4.C2H6/c1-7-40-29(39)24-19(6)36(23-10-8-9-22(15-23)30(31,32)33)28(38)26(27(37)35(17(2)3)18(4)5)25(24)21-13-11-20(16-34)12-14-21;1-2/h8-15,17-18,25-26H,7H2,1-6H3;1-2H3. The van der Waals surface area contributed by atoms with Gasteiger partial charge in [0, 0.05) is 29.4 Å². The van der Waals surface area contributed by atoms with Gasteiger partial charge in [-0.15, -0.1) is 0 Å². The van der Waals surface area contributed by atoms with Crippen LogP contribution in [0.4, 0.5) is 18.9 Å². The van der Waals surface area contributed by atoms with Gasteiger partial charge in [0.25, 0.3) is 0 Å². The Morgan fingerprint density at radius 3 is 2.10 bits per heavy atom. The number of nitrogens with zero attached hydrogens (tertiary/aromatic N) is 3. The zero-order chi connectivity index (χ0) is 31.9. The molecular formula is C32H38F3N3O4. The van der Waals surface area contributed by atoms with Crippen molar-refractivity contribution in [1.29, 1.82) is 5.26 Å². The topological polar surface area (TPSA) is 90.7 Å². The average Bonchev–Trinajstić information content (AvgIpc) is 2.93. The zero-order valence-corrected chi connectivity index (χ0v) is 25.2. The summed E-state index contributed by atoms with van der Waals surface area (Å²) in [5, 5.41) is 9.27. The van der Waals surface area contributed by atoms with Gasteiger partial charge in [-0.25, -0.2) is 4.79 Å². The van der Waals surface area contributed by atoms with Gasteiger partial charge in [-0.05, 0) is 77.4 Å². The van der Waals surface area contributed by atoms with Gasteiger partial charge >= 0.3 is 12.1 Å². The fourth-order valence-corrected chi connectivity index (χ4v) is 5.22. The summed E-state index contributed by atoms with van der Waals surface area (Å²) >= 11 is 0. The summed E-state index contributed by atoms with van der Waals surface area (Å²) < 4.78 is 46.1. The van der Waals surface area contributed by atoms with E-state index in [0.717, 1.165) is 17.0 Å². The lowest BCUT2D eigenvalue weighted by Gasteiger charge is -2.42. The average molecular weight is 586 g/mol. The second-order valence-corrected chi connectivity index (χ2v) is 10.1. The molecule has 0 spiro atoms. The number of halogens is 3. The van der Waals surface area contributed by atoms with Crippen LogP contribution in [0.5, 0.6) is 0 Å². The molecule has 2 atom stereocenters. The quantitative estimate of drug-likeness (QED) is 0.262. The molecule has 2 unspecified atom stereocenters. The lowest BCUT2D eigenvalue weighted by Crippen LogP contribution is -2.54. The number of hydrogen-bond acceptors (Lipinski definition) is 5. The number of ether oxygens (including phenoxy) is 1. The first-order valence-corrected chi connectivity index (χ1v) is 14.0. The first kappa shape index (κ1) is 34.1. The summed E-state index contributed by atoms with van der Waals surface area (Å²) in [6.07, 6.45) is -4.68. The summed E-state index contributed by atoms with van der Waals surface area (Å²) in [6, 6.07) is 11.7. The highest BCUT2D eigenvalue weighted by Gasteiger charge is 2.50. The third-order valence-corrected chi connectivity index (χ3v) is 6.82. The van der Waals surface area contributed by atoms with E-state index in [1.165, 1.54) is 36.1 Å². The lowest BCUT2D eigenvalue weighted by atomic mass is 9.74. The number of alkyl halides is 3. The first-order chi connectivity index (χ1) is 19.7. The van der Waals surface area contributed by atoms with Crippen molar-refractivity contribution >= 4 is 23.5 Å². The Morgan fingerprint density at radius 1 is 1.05 bits per heavy atom. The largest absolute Gasteiger partial charge is 0.463 e. The Hall–Kier alpha value is -4.13. The van der Waals surface area contributed by atoms with Crippen molar-refractivity contribution in [2.75, 3.05) is 11.5 Å². The molecule has 1 aliphatic heterocycles. The van der Waals surface area contributed by atoms with Crippen LogP contribution in [-0.2, 0) is 25.3 Å². The van der Waals surface area contributed by atoms with E-state index in [1.54, 1.807) is 46.8 Å². The molecule has 42 heavy (non-hydrogen) atoms. The molecule has 226 valence electrons. The second kappa shape index (κ2) is 14.2. The lowest BCUT2D eigenvalue weighted by molar-refractivity contribution is -0.146. The molecular weight excluding hydrogens is 547 g/mol. The zero-order valence-electron chi connectivity index (χ0n) is 25.2. The van der Waals surface area contributed by atoms with Gasteiger partial charge < -0.3 is 9.64 Å². The van der Waals surface area contributed by atoms with Crippen molar-refractivity contribution < 1.29 is 32.3 Å². The molecule has 0 aromatic heterocycles. The van der Waals surface area contributed by atoms with Gasteiger partial charge in [0.2, 0.25) is 11.8 Å². The molecule has 0 aliphatic carbocycles. The molecule has 2 aromatic carbocycles. The number of hydrogen-bond donors (Lipinski definition) is 0. The van der Waals surface area contributed by atoms with Gasteiger partial charge in [0.1, 0.15) is 5.92 Å². The van der Waals surface area contributed by atoms with Crippen LogP contribution in [-0.4, -0.2) is 41.4 Å². The van der Waals surface area contributed by atoms with Crippen LogP contribution in [0.15, 0.2) is 59.8 Å². The fraction of sp³-hybridized carbons (Fsp3) is 0.438. The Bertz CT molecular complexity index is 1350. The van der Waals surface area contributed by atoms with E-state index in [0.29, 0.717) is 11.1 Å². The molecule has 0 saturated carbocycles. The second-order valence-electron chi connectivity index (χ2n) is 10.1. The molecule has 1 aliphatic rings. The summed E-state index contributed by atoms with van der Waals surface area (Å²) in [4.78, 5) is 44.5. The minimum atomic E-state index is -4.68. The SMILES string of the molecule is CC.CCOC(=O)C1=C(C)N(c2cccc(C(F)(F)F)c2)C(=O)C(C(=O)N(C(C)C)C(C)C)C1c1ccc(C#N)cc1. The summed E-state index contributed by atoms with van der Waals surface area (Å²) in [5.41, 5.74) is -0.314. The molecule has 0 saturated heterocycles. The van der Waals surface area contributed by atoms with Crippen molar-refractivity contribution in [2.45, 2.75) is 79.6 Å². The number of nitriles is 1. The van der Waals surface area contributed by atoms with Gasteiger partial charge in [-0.1, -0.05) is 32.0 Å². The van der Waals surface area contributed by atoms with Gasteiger partial charge in [-0.3, -0.25) is 14.5 Å². The maximum Gasteiger partial charge on any atom is 0.416 e. The number of carbonyl (C=O) groups is 3. The maximum atomic E-state index is 14.3. The number of amides is 2. The van der Waals surface area contributed by atoms with E-state index < -0.39 is 41.4 Å². The van der Waals surface area contributed by atoms with Crippen LogP contribution in [0.1, 0.15) is 78.0 Å². The highest BCUT2D eigenvalue weighted by Crippen LogP contribution is 2.44. The summed E-state index contributed by atoms with van der Waals surface area (Å²) in [7, 11) is 0. The predicted octanol–water partition coefficient (Wildman–Crippen LogP) is 6.83. The predicted molar refractivity (Wildman–Crippen MR) is 154 cm³/mol. The minimum absolute atomic E-state index is 0.00403. The van der Waals surface area contributed by atoms with Gasteiger partial charge in [-0.2, -0.15) is 18.4 Å². The fourth-order valence-electron chi connectivity index (χ4n) is 5.22. The molecule has 2 aromatic rings. The van der Waals surface area contributed by atoms with Crippen LogP contribution >= 0.6 is 0 Å². The monoisotopic (exact) mass is 585 g/mol. The van der Waals surface area contributed by atoms with E-state index >= 15 is 0 Å². The molecule has 2 amide bonds. The normalized spacial score (nSPS) is 17.0.